The van der Waals surface area contributed by atoms with Gasteiger partial charge in [-0.1, -0.05) is 45.7 Å². The SMILES string of the molecule is CCC(C)(CBr)Cc1cc(OC)ccc1Br. The lowest BCUT2D eigenvalue weighted by atomic mass is 9.83. The highest BCUT2D eigenvalue weighted by Gasteiger charge is 2.22. The second-order valence-electron chi connectivity index (χ2n) is 4.43. The molecule has 0 saturated heterocycles. The lowest BCUT2D eigenvalue weighted by molar-refractivity contribution is 0.359. The molecule has 0 bridgehead atoms. The second kappa shape index (κ2) is 6.06. The third kappa shape index (κ3) is 3.49. The third-order valence-corrected chi connectivity index (χ3v) is 5.17. The fraction of sp³-hybridized carbons (Fsp3) is 0.538. The minimum absolute atomic E-state index is 0.300. The van der Waals surface area contributed by atoms with E-state index in [4.69, 9.17) is 4.74 Å². The minimum Gasteiger partial charge on any atom is -0.497 e. The van der Waals surface area contributed by atoms with Crippen molar-refractivity contribution in [3.63, 3.8) is 0 Å². The maximum absolute atomic E-state index is 5.26. The van der Waals surface area contributed by atoms with Crippen LogP contribution in [0, 0.1) is 5.41 Å². The minimum atomic E-state index is 0.300. The van der Waals surface area contributed by atoms with Crippen LogP contribution in [-0.4, -0.2) is 12.4 Å². The fourth-order valence-electron chi connectivity index (χ4n) is 1.54. The zero-order valence-corrected chi connectivity index (χ0v) is 13.2. The van der Waals surface area contributed by atoms with Gasteiger partial charge in [0.05, 0.1) is 7.11 Å². The Bertz CT molecular complexity index is 346. The van der Waals surface area contributed by atoms with Crippen LogP contribution >= 0.6 is 31.9 Å². The molecule has 0 radical (unpaired) electrons. The van der Waals surface area contributed by atoms with Gasteiger partial charge in [0.15, 0.2) is 0 Å². The molecule has 3 heteroatoms. The molecule has 1 nitrogen and oxygen atoms in total. The summed E-state index contributed by atoms with van der Waals surface area (Å²) in [5, 5.41) is 1.01. The molecular weight excluding hydrogens is 332 g/mol. The van der Waals surface area contributed by atoms with Crippen molar-refractivity contribution in [2.45, 2.75) is 26.7 Å². The van der Waals surface area contributed by atoms with E-state index in [2.05, 4.69) is 57.8 Å². The number of rotatable bonds is 5. The van der Waals surface area contributed by atoms with E-state index < -0.39 is 0 Å². The molecule has 0 fully saturated rings. The maximum Gasteiger partial charge on any atom is 0.119 e. The van der Waals surface area contributed by atoms with Gasteiger partial charge in [-0.05, 0) is 42.0 Å². The summed E-state index contributed by atoms with van der Waals surface area (Å²) in [4.78, 5) is 0. The molecule has 1 aromatic rings. The lowest BCUT2D eigenvalue weighted by Crippen LogP contribution is -2.20. The summed E-state index contributed by atoms with van der Waals surface area (Å²) < 4.78 is 6.42. The van der Waals surface area contributed by atoms with Gasteiger partial charge in [0.25, 0.3) is 0 Å². The Morgan fingerprint density at radius 1 is 1.38 bits per heavy atom. The summed E-state index contributed by atoms with van der Waals surface area (Å²) in [7, 11) is 1.70. The van der Waals surface area contributed by atoms with Crippen LogP contribution in [0.3, 0.4) is 0 Å². The molecule has 90 valence electrons. The van der Waals surface area contributed by atoms with Crippen molar-refractivity contribution >= 4 is 31.9 Å². The molecule has 0 N–H and O–H groups in total. The van der Waals surface area contributed by atoms with Crippen LogP contribution in [0.15, 0.2) is 22.7 Å². The van der Waals surface area contributed by atoms with Gasteiger partial charge >= 0.3 is 0 Å². The highest BCUT2D eigenvalue weighted by molar-refractivity contribution is 9.10. The van der Waals surface area contributed by atoms with E-state index in [1.54, 1.807) is 7.11 Å². The van der Waals surface area contributed by atoms with Crippen LogP contribution in [0.5, 0.6) is 5.75 Å². The summed E-state index contributed by atoms with van der Waals surface area (Å²) in [6, 6.07) is 6.14. The molecular formula is C13H18Br2O. The molecule has 0 spiro atoms. The topological polar surface area (TPSA) is 9.23 Å². The highest BCUT2D eigenvalue weighted by atomic mass is 79.9. The van der Waals surface area contributed by atoms with Crippen molar-refractivity contribution in [3.8, 4) is 5.75 Å². The number of alkyl halides is 1. The summed E-state index contributed by atoms with van der Waals surface area (Å²) in [6.45, 7) is 4.53. The molecule has 0 aromatic heterocycles. The molecule has 0 aliphatic carbocycles. The van der Waals surface area contributed by atoms with Crippen molar-refractivity contribution in [2.24, 2.45) is 5.41 Å². The van der Waals surface area contributed by atoms with Gasteiger partial charge in [0, 0.05) is 9.80 Å². The van der Waals surface area contributed by atoms with Crippen molar-refractivity contribution in [1.29, 1.82) is 0 Å². The first kappa shape index (κ1) is 14.0. The van der Waals surface area contributed by atoms with Gasteiger partial charge in [-0.2, -0.15) is 0 Å². The Labute approximate surface area is 115 Å². The fourth-order valence-corrected chi connectivity index (χ4v) is 2.52. The van der Waals surface area contributed by atoms with Crippen LogP contribution in [0.25, 0.3) is 0 Å². The Morgan fingerprint density at radius 3 is 2.56 bits per heavy atom. The number of methoxy groups -OCH3 is 1. The van der Waals surface area contributed by atoms with Gasteiger partial charge in [0.2, 0.25) is 0 Å². The van der Waals surface area contributed by atoms with E-state index in [9.17, 15) is 0 Å². The molecule has 0 heterocycles. The van der Waals surface area contributed by atoms with Crippen molar-refractivity contribution in [3.05, 3.63) is 28.2 Å². The number of ether oxygens (including phenoxy) is 1. The van der Waals surface area contributed by atoms with Crippen molar-refractivity contribution < 1.29 is 4.74 Å². The van der Waals surface area contributed by atoms with E-state index in [1.807, 2.05) is 6.07 Å². The van der Waals surface area contributed by atoms with E-state index in [0.29, 0.717) is 5.41 Å². The first-order chi connectivity index (χ1) is 7.54. The monoisotopic (exact) mass is 348 g/mol. The smallest absolute Gasteiger partial charge is 0.119 e. The van der Waals surface area contributed by atoms with E-state index in [0.717, 1.165) is 28.4 Å². The number of hydrogen-bond acceptors (Lipinski definition) is 1. The Hall–Kier alpha value is -0.0200. The van der Waals surface area contributed by atoms with E-state index >= 15 is 0 Å². The molecule has 16 heavy (non-hydrogen) atoms. The van der Waals surface area contributed by atoms with Gasteiger partial charge in [-0.25, -0.2) is 0 Å². The summed E-state index contributed by atoms with van der Waals surface area (Å²) in [5.74, 6) is 0.922. The third-order valence-electron chi connectivity index (χ3n) is 3.05. The lowest BCUT2D eigenvalue weighted by Gasteiger charge is -2.26. The van der Waals surface area contributed by atoms with Crippen LogP contribution in [0.1, 0.15) is 25.8 Å². The van der Waals surface area contributed by atoms with Crippen LogP contribution < -0.4 is 4.74 Å². The molecule has 1 unspecified atom stereocenters. The zero-order chi connectivity index (χ0) is 12.2. The van der Waals surface area contributed by atoms with Gasteiger partial charge in [-0.15, -0.1) is 0 Å². The predicted molar refractivity (Wildman–Crippen MR) is 76.6 cm³/mol. The predicted octanol–water partition coefficient (Wildman–Crippen LogP) is 4.81. The first-order valence-electron chi connectivity index (χ1n) is 5.43. The van der Waals surface area contributed by atoms with Crippen LogP contribution in [0.2, 0.25) is 0 Å². The molecule has 1 rings (SSSR count). The van der Waals surface area contributed by atoms with Crippen molar-refractivity contribution in [1.82, 2.24) is 0 Å². The largest absolute Gasteiger partial charge is 0.497 e. The zero-order valence-electron chi connectivity index (χ0n) is 10.0. The second-order valence-corrected chi connectivity index (χ2v) is 5.85. The first-order valence-corrected chi connectivity index (χ1v) is 7.34. The molecule has 1 aromatic carbocycles. The summed E-state index contributed by atoms with van der Waals surface area (Å²) in [6.07, 6.45) is 2.20. The number of hydrogen-bond donors (Lipinski definition) is 0. The molecule has 0 aliphatic rings. The standard InChI is InChI=1S/C13H18Br2O/c1-4-13(2,9-14)8-10-7-11(16-3)5-6-12(10)15/h5-7H,4,8-9H2,1-3H3. The summed E-state index contributed by atoms with van der Waals surface area (Å²) >= 11 is 7.20. The molecule has 0 amide bonds. The Morgan fingerprint density at radius 2 is 2.06 bits per heavy atom. The Balaban J connectivity index is 2.95. The maximum atomic E-state index is 5.26. The quantitative estimate of drug-likeness (QED) is 0.693. The summed E-state index contributed by atoms with van der Waals surface area (Å²) in [5.41, 5.74) is 1.61. The van der Waals surface area contributed by atoms with Crippen LogP contribution in [0.4, 0.5) is 0 Å². The number of halogens is 2. The normalized spacial score (nSPS) is 14.6. The van der Waals surface area contributed by atoms with Crippen LogP contribution in [-0.2, 0) is 6.42 Å². The van der Waals surface area contributed by atoms with Gasteiger partial charge in [0.1, 0.15) is 5.75 Å². The molecule has 0 aliphatic heterocycles. The van der Waals surface area contributed by atoms with Crippen molar-refractivity contribution in [2.75, 3.05) is 12.4 Å². The Kier molecular flexibility index (Phi) is 5.32. The average molecular weight is 350 g/mol. The van der Waals surface area contributed by atoms with Gasteiger partial charge in [-0.3, -0.25) is 0 Å². The molecule has 1 atom stereocenters. The number of benzene rings is 1. The molecule has 0 saturated carbocycles. The van der Waals surface area contributed by atoms with Gasteiger partial charge < -0.3 is 4.74 Å². The average Bonchev–Trinajstić information content (AvgIpc) is 2.32. The highest BCUT2D eigenvalue weighted by Crippen LogP contribution is 2.33. The van der Waals surface area contributed by atoms with E-state index in [1.165, 1.54) is 5.56 Å². The van der Waals surface area contributed by atoms with E-state index in [-0.39, 0.29) is 0 Å².